The Hall–Kier alpha value is -1.06. The summed E-state index contributed by atoms with van der Waals surface area (Å²) < 4.78 is 0. The first-order chi connectivity index (χ1) is 10.2. The van der Waals surface area contributed by atoms with Crippen LogP contribution in [0, 0.1) is 0 Å². The predicted molar refractivity (Wildman–Crippen MR) is 87.6 cm³/mol. The van der Waals surface area contributed by atoms with E-state index in [2.05, 4.69) is 18.7 Å². The molecule has 1 aromatic rings. The van der Waals surface area contributed by atoms with Gasteiger partial charge in [0.1, 0.15) is 5.38 Å². The maximum Gasteiger partial charge on any atom is 0.245 e. The highest BCUT2D eigenvalue weighted by Gasteiger charge is 2.29. The minimum atomic E-state index is -0.559. The number of benzene rings is 1. The van der Waals surface area contributed by atoms with Crippen molar-refractivity contribution in [1.82, 2.24) is 9.80 Å². The number of rotatable bonds is 5. The molecule has 1 aromatic carbocycles. The van der Waals surface area contributed by atoms with Crippen molar-refractivity contribution in [3.63, 3.8) is 0 Å². The maximum absolute atomic E-state index is 12.5. The van der Waals surface area contributed by atoms with E-state index in [0.717, 1.165) is 44.6 Å². The third-order valence-corrected chi connectivity index (χ3v) is 4.85. The van der Waals surface area contributed by atoms with Gasteiger partial charge in [0.25, 0.3) is 0 Å². The summed E-state index contributed by atoms with van der Waals surface area (Å²) in [6, 6.07) is 10.2. The van der Waals surface area contributed by atoms with Crippen LogP contribution in [-0.2, 0) is 4.79 Å². The zero-order valence-electron chi connectivity index (χ0n) is 13.0. The number of carbonyl (C=O) groups excluding carboxylic acids is 1. The Labute approximate surface area is 132 Å². The van der Waals surface area contributed by atoms with Gasteiger partial charge in [0.15, 0.2) is 0 Å². The third-order valence-electron chi connectivity index (χ3n) is 4.41. The van der Waals surface area contributed by atoms with Crippen LogP contribution in [0.4, 0.5) is 0 Å². The lowest BCUT2D eigenvalue weighted by Gasteiger charge is -2.38. The van der Waals surface area contributed by atoms with Crippen LogP contribution in [0.15, 0.2) is 30.3 Å². The monoisotopic (exact) mass is 308 g/mol. The van der Waals surface area contributed by atoms with E-state index in [1.165, 1.54) is 0 Å². The Morgan fingerprint density at radius 2 is 1.81 bits per heavy atom. The van der Waals surface area contributed by atoms with E-state index in [-0.39, 0.29) is 5.91 Å². The van der Waals surface area contributed by atoms with Crippen molar-refractivity contribution in [2.45, 2.75) is 38.1 Å². The molecule has 1 atom stereocenters. The quantitative estimate of drug-likeness (QED) is 0.779. The van der Waals surface area contributed by atoms with Gasteiger partial charge in [-0.25, -0.2) is 0 Å². The Morgan fingerprint density at radius 1 is 1.24 bits per heavy atom. The van der Waals surface area contributed by atoms with Crippen LogP contribution < -0.4 is 0 Å². The smallest absolute Gasteiger partial charge is 0.245 e. The van der Waals surface area contributed by atoms with E-state index in [4.69, 9.17) is 11.6 Å². The molecule has 1 saturated heterocycles. The molecular formula is C17H25ClN2O. The van der Waals surface area contributed by atoms with Crippen LogP contribution in [0.1, 0.15) is 37.6 Å². The molecule has 0 radical (unpaired) electrons. The SMILES string of the molecule is CCN(CC)C1CCN(C(=O)C(Cl)c2ccccc2)CC1. The van der Waals surface area contributed by atoms with Gasteiger partial charge >= 0.3 is 0 Å². The lowest BCUT2D eigenvalue weighted by molar-refractivity contribution is -0.132. The molecule has 1 fully saturated rings. The number of alkyl halides is 1. The van der Waals surface area contributed by atoms with Crippen molar-refractivity contribution in [3.05, 3.63) is 35.9 Å². The zero-order valence-corrected chi connectivity index (χ0v) is 13.7. The topological polar surface area (TPSA) is 23.6 Å². The van der Waals surface area contributed by atoms with Gasteiger partial charge in [0.2, 0.25) is 5.91 Å². The number of halogens is 1. The van der Waals surface area contributed by atoms with Gasteiger partial charge in [-0.15, -0.1) is 11.6 Å². The zero-order chi connectivity index (χ0) is 15.2. The molecule has 0 N–H and O–H groups in total. The molecule has 0 bridgehead atoms. The van der Waals surface area contributed by atoms with Crippen LogP contribution in [0.3, 0.4) is 0 Å². The van der Waals surface area contributed by atoms with Crippen molar-refractivity contribution in [2.75, 3.05) is 26.2 Å². The second-order valence-electron chi connectivity index (χ2n) is 5.55. The number of hydrogen-bond donors (Lipinski definition) is 0. The minimum Gasteiger partial charge on any atom is -0.341 e. The fourth-order valence-corrected chi connectivity index (χ4v) is 3.40. The van der Waals surface area contributed by atoms with Crippen LogP contribution >= 0.6 is 11.6 Å². The van der Waals surface area contributed by atoms with Gasteiger partial charge in [0, 0.05) is 19.1 Å². The van der Waals surface area contributed by atoms with E-state index in [9.17, 15) is 4.79 Å². The average molecular weight is 309 g/mol. The third kappa shape index (κ3) is 3.98. The molecule has 0 aliphatic carbocycles. The number of amides is 1. The summed E-state index contributed by atoms with van der Waals surface area (Å²) >= 11 is 6.34. The molecule has 116 valence electrons. The van der Waals surface area contributed by atoms with Crippen LogP contribution in [0.2, 0.25) is 0 Å². The van der Waals surface area contributed by atoms with Crippen molar-refractivity contribution in [3.8, 4) is 0 Å². The highest BCUT2D eigenvalue weighted by molar-refractivity contribution is 6.30. The van der Waals surface area contributed by atoms with E-state index >= 15 is 0 Å². The largest absolute Gasteiger partial charge is 0.341 e. The first-order valence-electron chi connectivity index (χ1n) is 7.89. The Balaban J connectivity index is 1.91. The van der Waals surface area contributed by atoms with Gasteiger partial charge in [-0.3, -0.25) is 4.79 Å². The molecule has 1 amide bonds. The molecule has 21 heavy (non-hydrogen) atoms. The van der Waals surface area contributed by atoms with Gasteiger partial charge < -0.3 is 9.80 Å². The highest BCUT2D eigenvalue weighted by Crippen LogP contribution is 2.25. The number of hydrogen-bond acceptors (Lipinski definition) is 2. The second kappa shape index (κ2) is 7.81. The molecule has 3 nitrogen and oxygen atoms in total. The summed E-state index contributed by atoms with van der Waals surface area (Å²) in [5, 5.41) is -0.559. The van der Waals surface area contributed by atoms with Crippen LogP contribution in [0.25, 0.3) is 0 Å². The van der Waals surface area contributed by atoms with E-state index in [1.807, 2.05) is 35.2 Å². The summed E-state index contributed by atoms with van der Waals surface area (Å²) in [6.07, 6.45) is 2.09. The molecule has 1 unspecified atom stereocenters. The van der Waals surface area contributed by atoms with Gasteiger partial charge in [-0.1, -0.05) is 44.2 Å². The Bertz CT molecular complexity index is 439. The predicted octanol–water partition coefficient (Wildman–Crippen LogP) is 3.30. The normalized spacial score (nSPS) is 18.0. The summed E-state index contributed by atoms with van der Waals surface area (Å²) in [7, 11) is 0. The summed E-state index contributed by atoms with van der Waals surface area (Å²) in [6.45, 7) is 8.19. The molecule has 2 rings (SSSR count). The van der Waals surface area contributed by atoms with Crippen LogP contribution in [-0.4, -0.2) is 47.9 Å². The first-order valence-corrected chi connectivity index (χ1v) is 8.32. The summed E-state index contributed by atoms with van der Waals surface area (Å²) in [5.41, 5.74) is 0.884. The lowest BCUT2D eigenvalue weighted by Crippen LogP contribution is -2.47. The Morgan fingerprint density at radius 3 is 2.33 bits per heavy atom. The van der Waals surface area contributed by atoms with Gasteiger partial charge in [0.05, 0.1) is 0 Å². The van der Waals surface area contributed by atoms with Crippen molar-refractivity contribution >= 4 is 17.5 Å². The van der Waals surface area contributed by atoms with Crippen molar-refractivity contribution < 1.29 is 4.79 Å². The van der Waals surface area contributed by atoms with Crippen molar-refractivity contribution in [1.29, 1.82) is 0 Å². The van der Waals surface area contributed by atoms with Crippen LogP contribution in [0.5, 0.6) is 0 Å². The minimum absolute atomic E-state index is 0.0425. The fourth-order valence-electron chi connectivity index (χ4n) is 3.12. The number of carbonyl (C=O) groups is 1. The standard InChI is InChI=1S/C17H25ClN2O/c1-3-19(4-2)15-10-12-20(13-11-15)17(21)16(18)14-8-6-5-7-9-14/h5-9,15-16H,3-4,10-13H2,1-2H3. The van der Waals surface area contributed by atoms with Gasteiger partial charge in [-0.05, 0) is 31.5 Å². The molecule has 1 aliphatic rings. The molecule has 0 spiro atoms. The number of nitrogens with zero attached hydrogens (tertiary/aromatic N) is 2. The average Bonchev–Trinajstić information content (AvgIpc) is 2.56. The van der Waals surface area contributed by atoms with E-state index in [0.29, 0.717) is 6.04 Å². The molecular weight excluding hydrogens is 284 g/mol. The summed E-state index contributed by atoms with van der Waals surface area (Å²) in [5.74, 6) is 0.0425. The van der Waals surface area contributed by atoms with Gasteiger partial charge in [-0.2, -0.15) is 0 Å². The lowest BCUT2D eigenvalue weighted by atomic mass is 10.0. The van der Waals surface area contributed by atoms with E-state index in [1.54, 1.807) is 0 Å². The molecule has 1 heterocycles. The Kier molecular flexibility index (Phi) is 6.07. The maximum atomic E-state index is 12.5. The fraction of sp³-hybridized carbons (Fsp3) is 0.588. The summed E-state index contributed by atoms with van der Waals surface area (Å²) in [4.78, 5) is 16.9. The number of piperidine rings is 1. The van der Waals surface area contributed by atoms with E-state index < -0.39 is 5.38 Å². The molecule has 0 aromatic heterocycles. The molecule has 1 aliphatic heterocycles. The molecule has 0 saturated carbocycles. The van der Waals surface area contributed by atoms with Crippen molar-refractivity contribution in [2.24, 2.45) is 0 Å². The first kappa shape index (κ1) is 16.3. The highest BCUT2D eigenvalue weighted by atomic mass is 35.5. The second-order valence-corrected chi connectivity index (χ2v) is 5.99. The number of likely N-dealkylation sites (tertiary alicyclic amines) is 1. The molecule has 4 heteroatoms.